The van der Waals surface area contributed by atoms with E-state index in [0.717, 1.165) is 24.1 Å². The van der Waals surface area contributed by atoms with Crippen LogP contribution in [-0.4, -0.2) is 19.9 Å². The minimum atomic E-state index is -3.60. The first-order chi connectivity index (χ1) is 10.1. The zero-order valence-corrected chi connectivity index (χ0v) is 12.2. The summed E-state index contributed by atoms with van der Waals surface area (Å²) in [5.41, 5.74) is 4.19. The van der Waals surface area contributed by atoms with Gasteiger partial charge in [-0.2, -0.15) is 0 Å². The van der Waals surface area contributed by atoms with Gasteiger partial charge in [0, 0.05) is 12.7 Å². The number of nitrogens with one attached hydrogen (secondary N) is 1. The Labute approximate surface area is 123 Å². The van der Waals surface area contributed by atoms with Gasteiger partial charge in [-0.1, -0.05) is 18.2 Å². The van der Waals surface area contributed by atoms with Crippen molar-refractivity contribution >= 4 is 21.5 Å². The third kappa shape index (κ3) is 2.45. The highest BCUT2D eigenvalue weighted by molar-refractivity contribution is 7.92. The van der Waals surface area contributed by atoms with E-state index in [9.17, 15) is 8.42 Å². The van der Waals surface area contributed by atoms with Gasteiger partial charge < -0.3 is 5.43 Å². The maximum atomic E-state index is 12.8. The fraction of sp³-hybridized carbons (Fsp3) is 0.214. The van der Waals surface area contributed by atoms with Crippen LogP contribution >= 0.6 is 0 Å². The molecule has 0 saturated heterocycles. The summed E-state index contributed by atoms with van der Waals surface area (Å²) < 4.78 is 27.0. The van der Waals surface area contributed by atoms with Crippen LogP contribution in [0.15, 0.2) is 47.5 Å². The molecule has 0 saturated carbocycles. The van der Waals surface area contributed by atoms with Crippen LogP contribution in [0.3, 0.4) is 0 Å². The number of hydrogen-bond acceptors (Lipinski definition) is 5. The molecule has 0 amide bonds. The van der Waals surface area contributed by atoms with Crippen molar-refractivity contribution in [1.29, 1.82) is 0 Å². The van der Waals surface area contributed by atoms with Gasteiger partial charge >= 0.3 is 0 Å². The topological polar surface area (TPSA) is 88.3 Å². The van der Waals surface area contributed by atoms with Crippen LogP contribution in [0, 0.1) is 0 Å². The van der Waals surface area contributed by atoms with E-state index in [4.69, 9.17) is 5.84 Å². The molecule has 0 unspecified atom stereocenters. The molecule has 2 heterocycles. The first-order valence-electron chi connectivity index (χ1n) is 6.66. The Bertz CT molecular complexity index is 744. The predicted molar refractivity (Wildman–Crippen MR) is 81.3 cm³/mol. The number of anilines is 2. The molecule has 110 valence electrons. The van der Waals surface area contributed by atoms with Crippen molar-refractivity contribution in [3.05, 3.63) is 48.2 Å². The highest BCUT2D eigenvalue weighted by atomic mass is 32.2. The highest BCUT2D eigenvalue weighted by Crippen LogP contribution is 2.31. The fourth-order valence-corrected chi connectivity index (χ4v) is 3.98. The number of sulfonamides is 1. The Balaban J connectivity index is 2.02. The van der Waals surface area contributed by atoms with E-state index in [2.05, 4.69) is 10.4 Å². The molecule has 6 nitrogen and oxygen atoms in total. The Hall–Kier alpha value is -2.12. The smallest absolute Gasteiger partial charge is 0.265 e. The van der Waals surface area contributed by atoms with Crippen LogP contribution < -0.4 is 15.6 Å². The average Bonchev–Trinajstić information content (AvgIpc) is 2.54. The van der Waals surface area contributed by atoms with Gasteiger partial charge in [0.15, 0.2) is 0 Å². The second-order valence-electron chi connectivity index (χ2n) is 4.83. The summed E-state index contributed by atoms with van der Waals surface area (Å²) in [4.78, 5) is 4.14. The molecule has 0 aliphatic carbocycles. The van der Waals surface area contributed by atoms with Gasteiger partial charge in [-0.05, 0) is 36.6 Å². The third-order valence-electron chi connectivity index (χ3n) is 3.54. The van der Waals surface area contributed by atoms with Crippen molar-refractivity contribution in [3.63, 3.8) is 0 Å². The first kappa shape index (κ1) is 13.8. The molecule has 0 spiro atoms. The van der Waals surface area contributed by atoms with Crippen LogP contribution in [-0.2, 0) is 16.4 Å². The van der Waals surface area contributed by atoms with Crippen LogP contribution in [0.2, 0.25) is 0 Å². The molecule has 3 N–H and O–H groups in total. The van der Waals surface area contributed by atoms with E-state index in [1.165, 1.54) is 16.6 Å². The molecule has 7 heteroatoms. The summed E-state index contributed by atoms with van der Waals surface area (Å²) >= 11 is 0. The van der Waals surface area contributed by atoms with Crippen molar-refractivity contribution in [2.24, 2.45) is 5.84 Å². The Morgan fingerprint density at radius 3 is 2.71 bits per heavy atom. The third-order valence-corrected chi connectivity index (χ3v) is 5.34. The van der Waals surface area contributed by atoms with E-state index >= 15 is 0 Å². The van der Waals surface area contributed by atoms with Crippen molar-refractivity contribution in [3.8, 4) is 0 Å². The van der Waals surface area contributed by atoms with Gasteiger partial charge in [0.05, 0.1) is 5.69 Å². The van der Waals surface area contributed by atoms with Gasteiger partial charge in [0.1, 0.15) is 10.7 Å². The number of rotatable bonds is 3. The Morgan fingerprint density at radius 1 is 1.19 bits per heavy atom. The zero-order valence-electron chi connectivity index (χ0n) is 11.4. The predicted octanol–water partition coefficient (Wildman–Crippen LogP) is 1.51. The van der Waals surface area contributed by atoms with Crippen LogP contribution in [0.4, 0.5) is 11.5 Å². The SMILES string of the molecule is NNc1ccc(S(=O)(=O)N2CCCc3ccccc32)cn1. The number of benzene rings is 1. The van der Waals surface area contributed by atoms with E-state index in [-0.39, 0.29) is 4.90 Å². The number of pyridine rings is 1. The van der Waals surface area contributed by atoms with Crippen LogP contribution in [0.25, 0.3) is 0 Å². The molecule has 0 bridgehead atoms. The molecule has 0 radical (unpaired) electrons. The van der Waals surface area contributed by atoms with Gasteiger partial charge in [-0.25, -0.2) is 19.2 Å². The lowest BCUT2D eigenvalue weighted by molar-refractivity contribution is 0.586. The number of para-hydroxylation sites is 1. The lowest BCUT2D eigenvalue weighted by atomic mass is 10.0. The zero-order chi connectivity index (χ0) is 14.9. The number of nitrogen functional groups attached to an aromatic ring is 1. The van der Waals surface area contributed by atoms with Gasteiger partial charge in [0.2, 0.25) is 0 Å². The maximum Gasteiger partial charge on any atom is 0.265 e. The molecule has 2 aromatic rings. The number of nitrogens with zero attached hydrogens (tertiary/aromatic N) is 2. The largest absolute Gasteiger partial charge is 0.308 e. The van der Waals surface area contributed by atoms with Gasteiger partial charge in [0.25, 0.3) is 10.0 Å². The number of aromatic nitrogens is 1. The summed E-state index contributed by atoms with van der Waals surface area (Å²) in [5, 5.41) is 0. The quantitative estimate of drug-likeness (QED) is 0.663. The average molecular weight is 304 g/mol. The molecule has 1 aliphatic rings. The minimum absolute atomic E-state index is 0.165. The lowest BCUT2D eigenvalue weighted by Crippen LogP contribution is -2.35. The number of aryl methyl sites for hydroxylation is 1. The van der Waals surface area contributed by atoms with Crippen molar-refractivity contribution in [2.45, 2.75) is 17.7 Å². The van der Waals surface area contributed by atoms with Crippen molar-refractivity contribution < 1.29 is 8.42 Å². The minimum Gasteiger partial charge on any atom is -0.308 e. The summed E-state index contributed by atoms with van der Waals surface area (Å²) in [7, 11) is -3.60. The molecular formula is C14H16N4O2S. The highest BCUT2D eigenvalue weighted by Gasteiger charge is 2.28. The van der Waals surface area contributed by atoms with Gasteiger partial charge in [-0.3, -0.25) is 4.31 Å². The summed E-state index contributed by atoms with van der Waals surface area (Å²) in [6, 6.07) is 10.6. The Morgan fingerprint density at radius 2 is 2.00 bits per heavy atom. The standard InChI is InChI=1S/C14H16N4O2S/c15-17-14-8-7-12(10-16-14)21(19,20)18-9-3-5-11-4-1-2-6-13(11)18/h1-2,4,6-8,10H,3,5,9,15H2,(H,16,17). The van der Waals surface area contributed by atoms with E-state index in [0.29, 0.717) is 12.4 Å². The second kappa shape index (κ2) is 5.34. The fourth-order valence-electron chi connectivity index (χ4n) is 2.49. The van der Waals surface area contributed by atoms with Crippen molar-refractivity contribution in [1.82, 2.24) is 4.98 Å². The van der Waals surface area contributed by atoms with E-state index in [1.807, 2.05) is 24.3 Å². The molecule has 3 rings (SSSR count). The number of fused-ring (bicyclic) bond motifs is 1. The molecule has 21 heavy (non-hydrogen) atoms. The van der Waals surface area contributed by atoms with E-state index in [1.54, 1.807) is 6.07 Å². The van der Waals surface area contributed by atoms with Crippen LogP contribution in [0.5, 0.6) is 0 Å². The summed E-state index contributed by atoms with van der Waals surface area (Å²) in [5.74, 6) is 5.67. The molecule has 0 fully saturated rings. The molecule has 1 aliphatic heterocycles. The molecule has 0 atom stereocenters. The molecule has 1 aromatic carbocycles. The Kier molecular flexibility index (Phi) is 3.52. The number of hydrogen-bond donors (Lipinski definition) is 2. The number of nitrogens with two attached hydrogens (primary N) is 1. The second-order valence-corrected chi connectivity index (χ2v) is 6.70. The maximum absolute atomic E-state index is 12.8. The summed E-state index contributed by atoms with van der Waals surface area (Å²) in [6.45, 7) is 0.482. The lowest BCUT2D eigenvalue weighted by Gasteiger charge is -2.30. The van der Waals surface area contributed by atoms with Gasteiger partial charge in [-0.15, -0.1) is 0 Å². The monoisotopic (exact) mass is 304 g/mol. The van der Waals surface area contributed by atoms with Crippen molar-refractivity contribution in [2.75, 3.05) is 16.3 Å². The first-order valence-corrected chi connectivity index (χ1v) is 8.10. The van der Waals surface area contributed by atoms with Crippen LogP contribution in [0.1, 0.15) is 12.0 Å². The van der Waals surface area contributed by atoms with E-state index < -0.39 is 10.0 Å². The molecule has 1 aromatic heterocycles. The number of hydrazine groups is 1. The normalized spacial score (nSPS) is 14.6. The molecular weight excluding hydrogens is 288 g/mol. The summed E-state index contributed by atoms with van der Waals surface area (Å²) in [6.07, 6.45) is 3.03.